The van der Waals surface area contributed by atoms with Gasteiger partial charge in [-0.25, -0.2) is 0 Å². The third-order valence-electron chi connectivity index (χ3n) is 2.76. The molecule has 0 aliphatic carbocycles. The minimum absolute atomic E-state index is 0.218. The van der Waals surface area contributed by atoms with E-state index in [0.29, 0.717) is 6.61 Å². The highest BCUT2D eigenvalue weighted by atomic mass is 16.5. The summed E-state index contributed by atoms with van der Waals surface area (Å²) in [6, 6.07) is 7.54. The van der Waals surface area contributed by atoms with Gasteiger partial charge in [0.2, 0.25) is 0 Å². The van der Waals surface area contributed by atoms with Gasteiger partial charge in [-0.1, -0.05) is 44.4 Å². The molecule has 0 aromatic heterocycles. The van der Waals surface area contributed by atoms with Crippen molar-refractivity contribution in [1.82, 2.24) is 0 Å². The lowest BCUT2D eigenvalue weighted by atomic mass is 10.1. The van der Waals surface area contributed by atoms with E-state index in [9.17, 15) is 5.11 Å². The summed E-state index contributed by atoms with van der Waals surface area (Å²) < 4.78 is 5.69. The molecular weight excluding hydrogens is 214 g/mol. The summed E-state index contributed by atoms with van der Waals surface area (Å²) in [7, 11) is 0. The Labute approximate surface area is 104 Å². The second kappa shape index (κ2) is 8.09. The maximum atomic E-state index is 9.75. The standard InChI is InChI=1S/C14H23NO2/c1-2-3-4-7-10-17-14-9-6-5-8-12(14)13(16)11-15/h5-6,8-9,13,16H,2-4,7,10-11,15H2,1H3/t13-/m0/s1. The van der Waals surface area contributed by atoms with Crippen LogP contribution in [0.25, 0.3) is 0 Å². The Morgan fingerprint density at radius 2 is 2.00 bits per heavy atom. The van der Waals surface area contributed by atoms with Gasteiger partial charge in [0.15, 0.2) is 0 Å². The normalized spacial score (nSPS) is 12.4. The van der Waals surface area contributed by atoms with Crippen LogP contribution in [0, 0.1) is 0 Å². The highest BCUT2D eigenvalue weighted by molar-refractivity contribution is 5.35. The Morgan fingerprint density at radius 1 is 1.24 bits per heavy atom. The van der Waals surface area contributed by atoms with Crippen molar-refractivity contribution in [2.45, 2.75) is 38.7 Å². The van der Waals surface area contributed by atoms with E-state index in [1.807, 2.05) is 24.3 Å². The lowest BCUT2D eigenvalue weighted by Gasteiger charge is -2.14. The molecule has 0 saturated heterocycles. The summed E-state index contributed by atoms with van der Waals surface area (Å²) in [6.45, 7) is 3.11. The lowest BCUT2D eigenvalue weighted by Crippen LogP contribution is -2.13. The van der Waals surface area contributed by atoms with Gasteiger partial charge in [-0.15, -0.1) is 0 Å². The summed E-state index contributed by atoms with van der Waals surface area (Å²) in [5, 5.41) is 9.75. The molecule has 0 aliphatic rings. The van der Waals surface area contributed by atoms with Crippen molar-refractivity contribution in [3.8, 4) is 5.75 Å². The SMILES string of the molecule is CCCCCCOc1ccccc1[C@@H](O)CN. The van der Waals surface area contributed by atoms with Crippen LogP contribution in [-0.2, 0) is 0 Å². The summed E-state index contributed by atoms with van der Waals surface area (Å²) in [6.07, 6.45) is 4.08. The second-order valence-corrected chi connectivity index (χ2v) is 4.20. The smallest absolute Gasteiger partial charge is 0.125 e. The first-order valence-electron chi connectivity index (χ1n) is 6.39. The molecular formula is C14H23NO2. The van der Waals surface area contributed by atoms with Crippen LogP contribution in [0.4, 0.5) is 0 Å². The number of aliphatic hydroxyl groups is 1. The fourth-order valence-corrected chi connectivity index (χ4v) is 1.73. The number of hydrogen-bond acceptors (Lipinski definition) is 3. The number of unbranched alkanes of at least 4 members (excludes halogenated alkanes) is 3. The molecule has 1 aromatic carbocycles. The topological polar surface area (TPSA) is 55.5 Å². The Balaban J connectivity index is 2.46. The zero-order valence-corrected chi connectivity index (χ0v) is 10.6. The minimum Gasteiger partial charge on any atom is -0.493 e. The van der Waals surface area contributed by atoms with Gasteiger partial charge in [-0.2, -0.15) is 0 Å². The molecule has 96 valence electrons. The van der Waals surface area contributed by atoms with Crippen LogP contribution in [0.2, 0.25) is 0 Å². The van der Waals surface area contributed by atoms with Gasteiger partial charge < -0.3 is 15.6 Å². The summed E-state index contributed by atoms with van der Waals surface area (Å²) in [5.74, 6) is 0.752. The van der Waals surface area contributed by atoms with E-state index in [1.54, 1.807) is 0 Å². The molecule has 0 saturated carbocycles. The van der Waals surface area contributed by atoms with Crippen molar-refractivity contribution >= 4 is 0 Å². The van der Waals surface area contributed by atoms with E-state index in [1.165, 1.54) is 19.3 Å². The molecule has 0 amide bonds. The Hall–Kier alpha value is -1.06. The molecule has 1 rings (SSSR count). The van der Waals surface area contributed by atoms with Crippen molar-refractivity contribution < 1.29 is 9.84 Å². The molecule has 0 spiro atoms. The van der Waals surface area contributed by atoms with Crippen molar-refractivity contribution in [1.29, 1.82) is 0 Å². The minimum atomic E-state index is -0.637. The fraction of sp³-hybridized carbons (Fsp3) is 0.571. The maximum Gasteiger partial charge on any atom is 0.125 e. The summed E-state index contributed by atoms with van der Waals surface area (Å²) in [4.78, 5) is 0. The molecule has 0 aliphatic heterocycles. The van der Waals surface area contributed by atoms with Crippen LogP contribution in [0.3, 0.4) is 0 Å². The molecule has 1 atom stereocenters. The molecule has 0 heterocycles. The van der Waals surface area contributed by atoms with Gasteiger partial charge >= 0.3 is 0 Å². The number of nitrogens with two attached hydrogens (primary N) is 1. The van der Waals surface area contributed by atoms with E-state index in [-0.39, 0.29) is 6.54 Å². The van der Waals surface area contributed by atoms with Crippen LogP contribution >= 0.6 is 0 Å². The first-order valence-corrected chi connectivity index (χ1v) is 6.39. The second-order valence-electron chi connectivity index (χ2n) is 4.20. The third-order valence-corrected chi connectivity index (χ3v) is 2.76. The van der Waals surface area contributed by atoms with Crippen molar-refractivity contribution in [3.05, 3.63) is 29.8 Å². The van der Waals surface area contributed by atoms with E-state index in [2.05, 4.69) is 6.92 Å². The molecule has 1 aromatic rings. The van der Waals surface area contributed by atoms with Crippen LogP contribution in [0.15, 0.2) is 24.3 Å². The van der Waals surface area contributed by atoms with Gasteiger partial charge in [0.05, 0.1) is 12.7 Å². The molecule has 0 unspecified atom stereocenters. The third kappa shape index (κ3) is 4.75. The van der Waals surface area contributed by atoms with E-state index < -0.39 is 6.10 Å². The highest BCUT2D eigenvalue weighted by Crippen LogP contribution is 2.24. The number of rotatable bonds is 8. The molecule has 3 heteroatoms. The monoisotopic (exact) mass is 237 g/mol. The van der Waals surface area contributed by atoms with Crippen LogP contribution in [0.5, 0.6) is 5.75 Å². The maximum absolute atomic E-state index is 9.75. The summed E-state index contributed by atoms with van der Waals surface area (Å²) in [5.41, 5.74) is 6.24. The van der Waals surface area contributed by atoms with Crippen molar-refractivity contribution in [2.75, 3.05) is 13.2 Å². The van der Waals surface area contributed by atoms with Crippen LogP contribution < -0.4 is 10.5 Å². The average Bonchev–Trinajstić information content (AvgIpc) is 2.38. The van der Waals surface area contributed by atoms with Gasteiger partial charge in [-0.3, -0.25) is 0 Å². The van der Waals surface area contributed by atoms with Crippen molar-refractivity contribution in [2.24, 2.45) is 5.73 Å². The predicted molar refractivity (Wildman–Crippen MR) is 70.1 cm³/mol. The van der Waals surface area contributed by atoms with Gasteiger partial charge in [0.25, 0.3) is 0 Å². The molecule has 0 bridgehead atoms. The zero-order chi connectivity index (χ0) is 12.5. The molecule has 0 fully saturated rings. The van der Waals surface area contributed by atoms with Crippen LogP contribution in [-0.4, -0.2) is 18.3 Å². The zero-order valence-electron chi connectivity index (χ0n) is 10.6. The first kappa shape index (κ1) is 14.0. The molecule has 0 radical (unpaired) electrons. The lowest BCUT2D eigenvalue weighted by molar-refractivity contribution is 0.179. The fourth-order valence-electron chi connectivity index (χ4n) is 1.73. The average molecular weight is 237 g/mol. The number of ether oxygens (including phenoxy) is 1. The quantitative estimate of drug-likeness (QED) is 0.683. The number of hydrogen-bond donors (Lipinski definition) is 2. The predicted octanol–water partition coefficient (Wildman–Crippen LogP) is 2.64. The van der Waals surface area contributed by atoms with E-state index in [4.69, 9.17) is 10.5 Å². The first-order chi connectivity index (χ1) is 8.29. The van der Waals surface area contributed by atoms with Gasteiger partial charge in [0, 0.05) is 12.1 Å². The van der Waals surface area contributed by atoms with Gasteiger partial charge in [0.1, 0.15) is 5.75 Å². The van der Waals surface area contributed by atoms with E-state index in [0.717, 1.165) is 17.7 Å². The van der Waals surface area contributed by atoms with Crippen molar-refractivity contribution in [3.63, 3.8) is 0 Å². The number of benzene rings is 1. The Bertz CT molecular complexity index is 315. The molecule has 3 nitrogen and oxygen atoms in total. The largest absolute Gasteiger partial charge is 0.493 e. The van der Waals surface area contributed by atoms with Gasteiger partial charge in [-0.05, 0) is 12.5 Å². The highest BCUT2D eigenvalue weighted by Gasteiger charge is 2.10. The molecule has 17 heavy (non-hydrogen) atoms. The van der Waals surface area contributed by atoms with Crippen LogP contribution in [0.1, 0.15) is 44.3 Å². The summed E-state index contributed by atoms with van der Waals surface area (Å²) >= 11 is 0. The number of aliphatic hydroxyl groups excluding tert-OH is 1. The number of para-hydroxylation sites is 1. The Morgan fingerprint density at radius 3 is 2.71 bits per heavy atom. The van der Waals surface area contributed by atoms with E-state index >= 15 is 0 Å². The molecule has 3 N–H and O–H groups in total. The Kier molecular flexibility index (Phi) is 6.67.